The quantitative estimate of drug-likeness (QED) is 0.432. The summed E-state index contributed by atoms with van der Waals surface area (Å²) in [5.41, 5.74) is 6.89. The van der Waals surface area contributed by atoms with Crippen LogP contribution in [0.2, 0.25) is 0 Å². The van der Waals surface area contributed by atoms with Crippen LogP contribution in [0.5, 0.6) is 5.75 Å². The van der Waals surface area contributed by atoms with Crippen LogP contribution in [0.4, 0.5) is 0 Å². The van der Waals surface area contributed by atoms with Crippen LogP contribution in [-0.2, 0) is 4.74 Å². The van der Waals surface area contributed by atoms with Gasteiger partial charge in [-0.05, 0) is 25.0 Å². The molecule has 3 N–H and O–H groups in total. The van der Waals surface area contributed by atoms with E-state index in [1.54, 1.807) is 7.11 Å². The highest BCUT2D eigenvalue weighted by atomic mass is 16.5. The number of nitrogens with one attached hydrogen (secondary N) is 1. The Kier molecular flexibility index (Phi) is 7.50. The van der Waals surface area contributed by atoms with Crippen LogP contribution in [-0.4, -0.2) is 38.9 Å². The SMILES string of the molecule is CCC(CN=C(N)NCCOC)Oc1ccccc1C. The molecule has 112 valence electrons. The predicted molar refractivity (Wildman–Crippen MR) is 82.3 cm³/mol. The zero-order chi connectivity index (χ0) is 14.8. The lowest BCUT2D eigenvalue weighted by atomic mass is 10.2. The highest BCUT2D eigenvalue weighted by Gasteiger charge is 2.09. The van der Waals surface area contributed by atoms with Gasteiger partial charge >= 0.3 is 0 Å². The second-order valence-electron chi connectivity index (χ2n) is 4.56. The fourth-order valence-corrected chi connectivity index (χ4v) is 1.66. The molecular formula is C15H25N3O2. The Morgan fingerprint density at radius 3 is 2.80 bits per heavy atom. The molecule has 20 heavy (non-hydrogen) atoms. The molecular weight excluding hydrogens is 254 g/mol. The first-order valence-electron chi connectivity index (χ1n) is 6.92. The molecule has 0 fully saturated rings. The molecule has 0 aliphatic carbocycles. The third-order valence-electron chi connectivity index (χ3n) is 2.92. The molecule has 5 nitrogen and oxygen atoms in total. The summed E-state index contributed by atoms with van der Waals surface area (Å²) < 4.78 is 10.9. The number of para-hydroxylation sites is 1. The van der Waals surface area contributed by atoms with Crippen LogP contribution in [0.15, 0.2) is 29.3 Å². The predicted octanol–water partition coefficient (Wildman–Crippen LogP) is 1.70. The molecule has 5 heteroatoms. The zero-order valence-electron chi connectivity index (χ0n) is 12.6. The zero-order valence-corrected chi connectivity index (χ0v) is 12.6. The molecule has 1 rings (SSSR count). The lowest BCUT2D eigenvalue weighted by Crippen LogP contribution is -2.35. The Morgan fingerprint density at radius 2 is 2.15 bits per heavy atom. The van der Waals surface area contributed by atoms with Gasteiger partial charge in [-0.15, -0.1) is 0 Å². The minimum absolute atomic E-state index is 0.0267. The first-order chi connectivity index (χ1) is 9.67. The number of aryl methyl sites for hydroxylation is 1. The summed E-state index contributed by atoms with van der Waals surface area (Å²) in [6.07, 6.45) is 0.905. The van der Waals surface area contributed by atoms with Gasteiger partial charge in [-0.25, -0.2) is 4.99 Å². The Labute approximate surface area is 121 Å². The van der Waals surface area contributed by atoms with Gasteiger partial charge in [-0.1, -0.05) is 25.1 Å². The van der Waals surface area contributed by atoms with Crippen molar-refractivity contribution in [3.05, 3.63) is 29.8 Å². The van der Waals surface area contributed by atoms with Crippen LogP contribution < -0.4 is 15.8 Å². The maximum absolute atomic E-state index is 5.96. The van der Waals surface area contributed by atoms with Gasteiger partial charge < -0.3 is 20.5 Å². The molecule has 0 heterocycles. The van der Waals surface area contributed by atoms with Gasteiger partial charge in [0.25, 0.3) is 0 Å². The van der Waals surface area contributed by atoms with E-state index in [4.69, 9.17) is 15.2 Å². The molecule has 1 aromatic rings. The summed E-state index contributed by atoms with van der Waals surface area (Å²) in [7, 11) is 1.65. The van der Waals surface area contributed by atoms with E-state index in [1.807, 2.05) is 31.2 Å². The van der Waals surface area contributed by atoms with Crippen LogP contribution in [0.25, 0.3) is 0 Å². The number of ether oxygens (including phenoxy) is 2. The third-order valence-corrected chi connectivity index (χ3v) is 2.92. The van der Waals surface area contributed by atoms with E-state index in [0.717, 1.165) is 17.7 Å². The summed E-state index contributed by atoms with van der Waals surface area (Å²) in [5, 5.41) is 2.99. The van der Waals surface area contributed by atoms with E-state index in [-0.39, 0.29) is 6.10 Å². The average Bonchev–Trinajstić information content (AvgIpc) is 2.45. The van der Waals surface area contributed by atoms with Crippen molar-refractivity contribution < 1.29 is 9.47 Å². The molecule has 0 aromatic heterocycles. The molecule has 0 saturated carbocycles. The number of rotatable bonds is 8. The highest BCUT2D eigenvalue weighted by molar-refractivity contribution is 5.77. The van der Waals surface area contributed by atoms with Gasteiger partial charge in [0, 0.05) is 13.7 Å². The number of nitrogens with zero attached hydrogens (tertiary/aromatic N) is 1. The molecule has 0 spiro atoms. The Bertz CT molecular complexity index is 421. The summed E-state index contributed by atoms with van der Waals surface area (Å²) in [6, 6.07) is 7.98. The van der Waals surface area contributed by atoms with E-state index in [9.17, 15) is 0 Å². The van der Waals surface area contributed by atoms with E-state index in [0.29, 0.717) is 25.7 Å². The smallest absolute Gasteiger partial charge is 0.188 e. The lowest BCUT2D eigenvalue weighted by molar-refractivity contribution is 0.202. The van der Waals surface area contributed by atoms with Gasteiger partial charge in [-0.2, -0.15) is 0 Å². The van der Waals surface area contributed by atoms with E-state index >= 15 is 0 Å². The van der Waals surface area contributed by atoms with E-state index < -0.39 is 0 Å². The van der Waals surface area contributed by atoms with E-state index in [1.165, 1.54) is 0 Å². The number of benzene rings is 1. The van der Waals surface area contributed by atoms with Gasteiger partial charge in [0.05, 0.1) is 13.2 Å². The summed E-state index contributed by atoms with van der Waals surface area (Å²) in [6.45, 7) is 5.91. The van der Waals surface area contributed by atoms with Crippen LogP contribution in [0.3, 0.4) is 0 Å². The van der Waals surface area contributed by atoms with Crippen molar-refractivity contribution in [1.29, 1.82) is 0 Å². The van der Waals surface area contributed by atoms with E-state index in [2.05, 4.69) is 17.2 Å². The summed E-state index contributed by atoms with van der Waals surface area (Å²) >= 11 is 0. The summed E-state index contributed by atoms with van der Waals surface area (Å²) in [4.78, 5) is 4.30. The minimum Gasteiger partial charge on any atom is -0.488 e. The fourth-order valence-electron chi connectivity index (χ4n) is 1.66. The average molecular weight is 279 g/mol. The van der Waals surface area contributed by atoms with Crippen LogP contribution in [0, 0.1) is 6.92 Å². The van der Waals surface area contributed by atoms with Crippen LogP contribution in [0.1, 0.15) is 18.9 Å². The molecule has 0 bridgehead atoms. The molecule has 1 aromatic carbocycles. The standard InChI is InChI=1S/C15H25N3O2/c1-4-13(11-18-15(16)17-9-10-19-3)20-14-8-6-5-7-12(14)2/h5-8,13H,4,9-11H2,1-3H3,(H3,16,17,18). The highest BCUT2D eigenvalue weighted by Crippen LogP contribution is 2.18. The van der Waals surface area contributed by atoms with Crippen molar-refractivity contribution in [2.45, 2.75) is 26.4 Å². The molecule has 0 radical (unpaired) electrons. The number of hydrogen-bond donors (Lipinski definition) is 2. The van der Waals surface area contributed by atoms with Crippen molar-refractivity contribution in [3.63, 3.8) is 0 Å². The largest absolute Gasteiger partial charge is 0.488 e. The monoisotopic (exact) mass is 279 g/mol. The Morgan fingerprint density at radius 1 is 1.40 bits per heavy atom. The number of methoxy groups -OCH3 is 1. The molecule has 0 saturated heterocycles. The molecule has 0 aliphatic heterocycles. The molecule has 1 atom stereocenters. The van der Waals surface area contributed by atoms with Crippen molar-refractivity contribution in [3.8, 4) is 5.75 Å². The maximum atomic E-state index is 5.96. The van der Waals surface area contributed by atoms with Crippen molar-refractivity contribution in [1.82, 2.24) is 5.32 Å². The topological polar surface area (TPSA) is 68.9 Å². The number of nitrogens with two attached hydrogens (primary N) is 1. The van der Waals surface area contributed by atoms with Crippen molar-refractivity contribution >= 4 is 5.96 Å². The lowest BCUT2D eigenvalue weighted by Gasteiger charge is -2.17. The number of aliphatic imine (C=N–C) groups is 1. The molecule has 0 amide bonds. The number of guanidine groups is 1. The maximum Gasteiger partial charge on any atom is 0.188 e. The molecule has 0 aliphatic rings. The normalized spacial score (nSPS) is 13.1. The van der Waals surface area contributed by atoms with Gasteiger partial charge in [0.15, 0.2) is 5.96 Å². The van der Waals surface area contributed by atoms with Gasteiger partial charge in [-0.3, -0.25) is 0 Å². The minimum atomic E-state index is 0.0267. The molecule has 1 unspecified atom stereocenters. The number of hydrogen-bond acceptors (Lipinski definition) is 3. The summed E-state index contributed by atoms with van der Waals surface area (Å²) in [5.74, 6) is 1.33. The van der Waals surface area contributed by atoms with Crippen molar-refractivity contribution in [2.24, 2.45) is 10.7 Å². The first-order valence-corrected chi connectivity index (χ1v) is 6.92. The second-order valence-corrected chi connectivity index (χ2v) is 4.56. The van der Waals surface area contributed by atoms with Gasteiger partial charge in [0.2, 0.25) is 0 Å². The third kappa shape index (κ3) is 5.93. The van der Waals surface area contributed by atoms with Gasteiger partial charge in [0.1, 0.15) is 11.9 Å². The fraction of sp³-hybridized carbons (Fsp3) is 0.533. The Balaban J connectivity index is 2.47. The Hall–Kier alpha value is -1.75. The van der Waals surface area contributed by atoms with Crippen molar-refractivity contribution in [2.75, 3.05) is 26.8 Å². The first kappa shape index (κ1) is 16.3. The van der Waals surface area contributed by atoms with Crippen LogP contribution >= 0.6 is 0 Å². The second kappa shape index (κ2) is 9.20.